The van der Waals surface area contributed by atoms with Crippen molar-refractivity contribution in [2.24, 2.45) is 5.41 Å². The van der Waals surface area contributed by atoms with E-state index in [4.69, 9.17) is 5.11 Å². The second-order valence-corrected chi connectivity index (χ2v) is 5.53. The molecule has 1 aliphatic rings. The van der Waals surface area contributed by atoms with Crippen LogP contribution in [0.5, 0.6) is 0 Å². The number of hydrogen-bond acceptors (Lipinski definition) is 4. The summed E-state index contributed by atoms with van der Waals surface area (Å²) in [4.78, 5) is 11.1. The van der Waals surface area contributed by atoms with E-state index in [9.17, 15) is 4.79 Å². The lowest BCUT2D eigenvalue weighted by Gasteiger charge is -2.39. The Labute approximate surface area is 107 Å². The van der Waals surface area contributed by atoms with Crippen LogP contribution in [-0.4, -0.2) is 27.3 Å². The van der Waals surface area contributed by atoms with Crippen LogP contribution < -0.4 is 5.32 Å². The Balaban J connectivity index is 2.21. The van der Waals surface area contributed by atoms with Crippen LogP contribution >= 0.6 is 0 Å². The Kier molecular flexibility index (Phi) is 3.50. The number of hydrogen-bond donors (Lipinski definition) is 2. The van der Waals surface area contributed by atoms with Gasteiger partial charge in [-0.25, -0.2) is 4.79 Å². The lowest BCUT2D eigenvalue weighted by molar-refractivity contribution is 0.0697. The van der Waals surface area contributed by atoms with E-state index in [1.165, 1.54) is 25.1 Å². The SMILES string of the molecule is CC1(C)CCCCC1Nc1nnccc1C(=O)O. The fraction of sp³-hybridized carbons (Fsp3) is 0.615. The van der Waals surface area contributed by atoms with Crippen molar-refractivity contribution in [1.29, 1.82) is 0 Å². The second kappa shape index (κ2) is 4.92. The molecule has 1 unspecified atom stereocenters. The van der Waals surface area contributed by atoms with Gasteiger partial charge >= 0.3 is 5.97 Å². The quantitative estimate of drug-likeness (QED) is 0.861. The van der Waals surface area contributed by atoms with Crippen molar-refractivity contribution in [1.82, 2.24) is 10.2 Å². The Morgan fingerprint density at radius 1 is 1.50 bits per heavy atom. The number of anilines is 1. The Bertz CT molecular complexity index is 446. The topological polar surface area (TPSA) is 75.1 Å². The maximum Gasteiger partial charge on any atom is 0.339 e. The van der Waals surface area contributed by atoms with Gasteiger partial charge in [0.05, 0.1) is 6.20 Å². The van der Waals surface area contributed by atoms with E-state index in [0.29, 0.717) is 5.82 Å². The lowest BCUT2D eigenvalue weighted by Crippen LogP contribution is -2.39. The third-order valence-electron chi connectivity index (χ3n) is 3.77. The van der Waals surface area contributed by atoms with Crippen LogP contribution in [0.25, 0.3) is 0 Å². The van der Waals surface area contributed by atoms with Gasteiger partial charge < -0.3 is 10.4 Å². The van der Waals surface area contributed by atoms with Gasteiger partial charge in [0.25, 0.3) is 0 Å². The van der Waals surface area contributed by atoms with E-state index in [0.717, 1.165) is 12.8 Å². The normalized spacial score (nSPS) is 22.4. The molecule has 1 saturated carbocycles. The van der Waals surface area contributed by atoms with E-state index in [1.54, 1.807) is 0 Å². The summed E-state index contributed by atoms with van der Waals surface area (Å²) in [6.45, 7) is 4.42. The maximum atomic E-state index is 11.1. The zero-order valence-electron chi connectivity index (χ0n) is 10.8. The molecule has 2 N–H and O–H groups in total. The van der Waals surface area contributed by atoms with Crippen LogP contribution in [0.2, 0.25) is 0 Å². The fourth-order valence-electron chi connectivity index (χ4n) is 2.54. The molecule has 0 amide bonds. The highest BCUT2D eigenvalue weighted by molar-refractivity contribution is 5.92. The van der Waals surface area contributed by atoms with Crippen LogP contribution in [-0.2, 0) is 0 Å². The fourth-order valence-corrected chi connectivity index (χ4v) is 2.54. The smallest absolute Gasteiger partial charge is 0.339 e. The Morgan fingerprint density at radius 2 is 2.28 bits per heavy atom. The number of aromatic carboxylic acids is 1. The molecule has 0 spiro atoms. The first kappa shape index (κ1) is 12.8. The number of nitrogens with zero attached hydrogens (tertiary/aromatic N) is 2. The van der Waals surface area contributed by atoms with Gasteiger partial charge in [-0.1, -0.05) is 26.7 Å². The lowest BCUT2D eigenvalue weighted by atomic mass is 9.73. The third-order valence-corrected chi connectivity index (χ3v) is 3.77. The maximum absolute atomic E-state index is 11.1. The molecule has 0 radical (unpaired) electrons. The molecule has 1 aliphatic carbocycles. The molecule has 0 aliphatic heterocycles. The standard InChI is InChI=1S/C13H19N3O2/c1-13(2)7-4-3-5-10(13)15-11-9(12(17)18)6-8-14-16-11/h6,8,10H,3-5,7H2,1-2H3,(H,15,16)(H,17,18). The van der Waals surface area contributed by atoms with E-state index in [-0.39, 0.29) is 17.0 Å². The average Bonchev–Trinajstić information content (AvgIpc) is 2.32. The molecule has 1 heterocycles. The third kappa shape index (κ3) is 2.60. The van der Waals surface area contributed by atoms with Crippen LogP contribution in [0, 0.1) is 5.41 Å². The molecule has 1 atom stereocenters. The van der Waals surface area contributed by atoms with Crippen molar-refractivity contribution in [3.05, 3.63) is 17.8 Å². The minimum absolute atomic E-state index is 0.158. The van der Waals surface area contributed by atoms with Crippen molar-refractivity contribution < 1.29 is 9.90 Å². The number of carboxylic acid groups (broad SMARTS) is 1. The molecule has 18 heavy (non-hydrogen) atoms. The highest BCUT2D eigenvalue weighted by atomic mass is 16.4. The summed E-state index contributed by atoms with van der Waals surface area (Å²) in [5.41, 5.74) is 0.345. The van der Waals surface area contributed by atoms with E-state index in [1.807, 2.05) is 0 Å². The zero-order valence-corrected chi connectivity index (χ0v) is 10.8. The molecule has 98 valence electrons. The summed E-state index contributed by atoms with van der Waals surface area (Å²) in [5.74, 6) is -0.592. The Morgan fingerprint density at radius 3 is 2.94 bits per heavy atom. The van der Waals surface area contributed by atoms with E-state index >= 15 is 0 Å². The molecule has 0 bridgehead atoms. The van der Waals surface area contributed by atoms with Gasteiger partial charge in [-0.2, -0.15) is 5.10 Å². The predicted octanol–water partition coefficient (Wildman–Crippen LogP) is 2.56. The first-order chi connectivity index (χ1) is 8.50. The van der Waals surface area contributed by atoms with Crippen LogP contribution in [0.15, 0.2) is 12.3 Å². The van der Waals surface area contributed by atoms with Gasteiger partial charge in [-0.3, -0.25) is 0 Å². The van der Waals surface area contributed by atoms with Gasteiger partial charge in [0.2, 0.25) is 0 Å². The second-order valence-electron chi connectivity index (χ2n) is 5.53. The largest absolute Gasteiger partial charge is 0.478 e. The molecule has 5 heteroatoms. The minimum atomic E-state index is -0.971. The molecule has 0 aromatic carbocycles. The van der Waals surface area contributed by atoms with Crippen molar-refractivity contribution in [3.8, 4) is 0 Å². The van der Waals surface area contributed by atoms with Crippen molar-refractivity contribution >= 4 is 11.8 Å². The van der Waals surface area contributed by atoms with Crippen molar-refractivity contribution in [2.45, 2.75) is 45.6 Å². The average molecular weight is 249 g/mol. The first-order valence-electron chi connectivity index (χ1n) is 6.32. The molecule has 1 aromatic heterocycles. The molecule has 2 rings (SSSR count). The molecule has 1 fully saturated rings. The Hall–Kier alpha value is -1.65. The number of rotatable bonds is 3. The van der Waals surface area contributed by atoms with Crippen LogP contribution in [0.4, 0.5) is 5.82 Å². The summed E-state index contributed by atoms with van der Waals surface area (Å²) in [5, 5.41) is 20.1. The van der Waals surface area contributed by atoms with Gasteiger partial charge in [0.1, 0.15) is 5.56 Å². The number of carboxylic acids is 1. The van der Waals surface area contributed by atoms with E-state index in [2.05, 4.69) is 29.4 Å². The van der Waals surface area contributed by atoms with Crippen molar-refractivity contribution in [3.63, 3.8) is 0 Å². The number of nitrogens with one attached hydrogen (secondary N) is 1. The van der Waals surface area contributed by atoms with Gasteiger partial charge in [-0.15, -0.1) is 5.10 Å². The van der Waals surface area contributed by atoms with Crippen LogP contribution in [0.1, 0.15) is 49.9 Å². The summed E-state index contributed by atoms with van der Waals surface area (Å²) >= 11 is 0. The summed E-state index contributed by atoms with van der Waals surface area (Å²) < 4.78 is 0. The monoisotopic (exact) mass is 249 g/mol. The molecule has 5 nitrogen and oxygen atoms in total. The summed E-state index contributed by atoms with van der Waals surface area (Å²) in [6, 6.07) is 1.73. The van der Waals surface area contributed by atoms with E-state index < -0.39 is 5.97 Å². The molecular formula is C13H19N3O2. The molecule has 1 aromatic rings. The van der Waals surface area contributed by atoms with Crippen LogP contribution in [0.3, 0.4) is 0 Å². The zero-order chi connectivity index (χ0) is 13.2. The minimum Gasteiger partial charge on any atom is -0.478 e. The number of carbonyl (C=O) groups is 1. The molecular weight excluding hydrogens is 230 g/mol. The predicted molar refractivity (Wildman–Crippen MR) is 68.7 cm³/mol. The number of aromatic nitrogens is 2. The van der Waals surface area contributed by atoms with Crippen molar-refractivity contribution in [2.75, 3.05) is 5.32 Å². The summed E-state index contributed by atoms with van der Waals surface area (Å²) in [6.07, 6.45) is 6.00. The highest BCUT2D eigenvalue weighted by Crippen LogP contribution is 2.37. The summed E-state index contributed by atoms with van der Waals surface area (Å²) in [7, 11) is 0. The first-order valence-corrected chi connectivity index (χ1v) is 6.32. The van der Waals surface area contributed by atoms with Gasteiger partial charge in [0, 0.05) is 6.04 Å². The van der Waals surface area contributed by atoms with Gasteiger partial charge in [-0.05, 0) is 24.3 Å². The highest BCUT2D eigenvalue weighted by Gasteiger charge is 2.33. The van der Waals surface area contributed by atoms with Gasteiger partial charge in [0.15, 0.2) is 5.82 Å². The molecule has 0 saturated heterocycles.